The van der Waals surface area contributed by atoms with Crippen LogP contribution in [0.5, 0.6) is 11.5 Å². The molecule has 2 unspecified atom stereocenters. The molecule has 132 valence electrons. The second-order valence-electron chi connectivity index (χ2n) is 6.01. The Bertz CT molecular complexity index is 601. The topological polar surface area (TPSA) is 65.1 Å². The number of nitrogens with zero attached hydrogens (tertiary/aromatic N) is 1. The molecule has 1 aromatic carbocycles. The molecule has 1 amide bonds. The number of esters is 1. The molecule has 6 heteroatoms. The monoisotopic (exact) mass is 335 g/mol. The van der Waals surface area contributed by atoms with Crippen molar-refractivity contribution in [2.45, 2.75) is 32.2 Å². The Balaban J connectivity index is 2.07. The molecule has 0 aromatic heterocycles. The average molecular weight is 335 g/mol. The summed E-state index contributed by atoms with van der Waals surface area (Å²) in [6.45, 7) is 2.49. The fraction of sp³-hybridized carbons (Fsp3) is 0.556. The summed E-state index contributed by atoms with van der Waals surface area (Å²) in [4.78, 5) is 26.2. The zero-order valence-electron chi connectivity index (χ0n) is 14.7. The number of methoxy groups -OCH3 is 3. The maximum atomic E-state index is 12.7. The van der Waals surface area contributed by atoms with Gasteiger partial charge in [-0.15, -0.1) is 0 Å². The van der Waals surface area contributed by atoms with Crippen molar-refractivity contribution < 1.29 is 23.8 Å². The summed E-state index contributed by atoms with van der Waals surface area (Å²) in [6.07, 6.45) is 2.07. The van der Waals surface area contributed by atoms with E-state index in [0.717, 1.165) is 12.0 Å². The molecule has 0 spiro atoms. The van der Waals surface area contributed by atoms with E-state index in [1.165, 1.54) is 7.11 Å². The molecule has 0 N–H and O–H groups in total. The Hall–Kier alpha value is -2.24. The smallest absolute Gasteiger partial charge is 0.328 e. The van der Waals surface area contributed by atoms with E-state index in [9.17, 15) is 9.59 Å². The third-order valence-corrected chi connectivity index (χ3v) is 4.42. The number of hydrogen-bond acceptors (Lipinski definition) is 5. The standard InChI is InChI=1S/C18H25NO5/c1-12(10-13-7-8-15(22-2)16(11-13)23-3)17(20)19-9-5-6-14(19)18(21)24-4/h7-8,11-12,14H,5-6,9-10H2,1-4H3. The van der Waals surface area contributed by atoms with Crippen molar-refractivity contribution in [1.29, 1.82) is 0 Å². The lowest BCUT2D eigenvalue weighted by Gasteiger charge is -2.26. The molecule has 6 nitrogen and oxygen atoms in total. The van der Waals surface area contributed by atoms with E-state index in [2.05, 4.69) is 0 Å². The van der Waals surface area contributed by atoms with E-state index in [0.29, 0.717) is 30.9 Å². The van der Waals surface area contributed by atoms with E-state index < -0.39 is 6.04 Å². The molecule has 1 aliphatic rings. The first-order chi connectivity index (χ1) is 11.5. The molecule has 1 aliphatic heterocycles. The van der Waals surface area contributed by atoms with Crippen LogP contribution in [-0.4, -0.2) is 50.7 Å². The Morgan fingerprint density at radius 2 is 1.92 bits per heavy atom. The molecule has 0 saturated carbocycles. The molecular formula is C18H25NO5. The highest BCUT2D eigenvalue weighted by Gasteiger charge is 2.36. The van der Waals surface area contributed by atoms with Gasteiger partial charge in [-0.05, 0) is 37.0 Å². The lowest BCUT2D eigenvalue weighted by Crippen LogP contribution is -2.43. The first-order valence-corrected chi connectivity index (χ1v) is 8.11. The summed E-state index contributed by atoms with van der Waals surface area (Å²) < 4.78 is 15.3. The number of ether oxygens (including phenoxy) is 3. The molecule has 2 rings (SSSR count). The van der Waals surface area contributed by atoms with Crippen molar-refractivity contribution in [2.24, 2.45) is 5.92 Å². The zero-order valence-corrected chi connectivity index (χ0v) is 14.7. The van der Waals surface area contributed by atoms with E-state index in [-0.39, 0.29) is 17.8 Å². The van der Waals surface area contributed by atoms with Gasteiger partial charge in [-0.25, -0.2) is 4.79 Å². The molecule has 2 atom stereocenters. The third kappa shape index (κ3) is 3.80. The predicted octanol–water partition coefficient (Wildman–Crippen LogP) is 2.05. The van der Waals surface area contributed by atoms with Gasteiger partial charge in [0.05, 0.1) is 21.3 Å². The summed E-state index contributed by atoms with van der Waals surface area (Å²) in [6, 6.07) is 5.19. The fourth-order valence-corrected chi connectivity index (χ4v) is 3.14. The Morgan fingerprint density at radius 3 is 2.54 bits per heavy atom. The number of rotatable bonds is 6. The van der Waals surface area contributed by atoms with Gasteiger partial charge in [0.25, 0.3) is 0 Å². The largest absolute Gasteiger partial charge is 0.493 e. The number of hydrogen-bond donors (Lipinski definition) is 0. The average Bonchev–Trinajstić information content (AvgIpc) is 3.09. The number of benzene rings is 1. The van der Waals surface area contributed by atoms with Crippen LogP contribution >= 0.6 is 0 Å². The van der Waals surface area contributed by atoms with Crippen LogP contribution in [0, 0.1) is 5.92 Å². The van der Waals surface area contributed by atoms with Gasteiger partial charge >= 0.3 is 5.97 Å². The van der Waals surface area contributed by atoms with Gasteiger partial charge < -0.3 is 19.1 Å². The fourth-order valence-electron chi connectivity index (χ4n) is 3.14. The molecule has 24 heavy (non-hydrogen) atoms. The molecule has 1 heterocycles. The van der Waals surface area contributed by atoms with Crippen molar-refractivity contribution >= 4 is 11.9 Å². The maximum absolute atomic E-state index is 12.7. The Labute approximate surface area is 142 Å². The van der Waals surface area contributed by atoms with Crippen molar-refractivity contribution in [3.8, 4) is 11.5 Å². The number of carbonyl (C=O) groups excluding carboxylic acids is 2. The molecule has 1 fully saturated rings. The summed E-state index contributed by atoms with van der Waals surface area (Å²) >= 11 is 0. The first kappa shape index (κ1) is 18.1. The van der Waals surface area contributed by atoms with Crippen LogP contribution in [0.25, 0.3) is 0 Å². The van der Waals surface area contributed by atoms with Crippen LogP contribution in [0.1, 0.15) is 25.3 Å². The third-order valence-electron chi connectivity index (χ3n) is 4.42. The summed E-state index contributed by atoms with van der Waals surface area (Å²) in [5.74, 6) is 0.721. The van der Waals surface area contributed by atoms with Crippen LogP contribution in [0.4, 0.5) is 0 Å². The van der Waals surface area contributed by atoms with Gasteiger partial charge in [-0.1, -0.05) is 13.0 Å². The maximum Gasteiger partial charge on any atom is 0.328 e. The SMILES string of the molecule is COC(=O)C1CCCN1C(=O)C(C)Cc1ccc(OC)c(OC)c1. The van der Waals surface area contributed by atoms with Crippen LogP contribution < -0.4 is 9.47 Å². The van der Waals surface area contributed by atoms with Crippen LogP contribution in [0.3, 0.4) is 0 Å². The molecule has 0 radical (unpaired) electrons. The minimum atomic E-state index is -0.449. The minimum Gasteiger partial charge on any atom is -0.493 e. The zero-order chi connectivity index (χ0) is 17.7. The minimum absolute atomic E-state index is 0.0160. The highest BCUT2D eigenvalue weighted by Crippen LogP contribution is 2.29. The van der Waals surface area contributed by atoms with Crippen molar-refractivity contribution in [3.63, 3.8) is 0 Å². The predicted molar refractivity (Wildman–Crippen MR) is 89.2 cm³/mol. The summed E-state index contributed by atoms with van der Waals surface area (Å²) in [5.41, 5.74) is 0.988. The Morgan fingerprint density at radius 1 is 1.21 bits per heavy atom. The molecule has 1 saturated heterocycles. The normalized spacial score (nSPS) is 18.2. The van der Waals surface area contributed by atoms with E-state index >= 15 is 0 Å². The van der Waals surface area contributed by atoms with Gasteiger partial charge in [-0.2, -0.15) is 0 Å². The van der Waals surface area contributed by atoms with Crippen LogP contribution in [-0.2, 0) is 20.7 Å². The van der Waals surface area contributed by atoms with E-state index in [4.69, 9.17) is 14.2 Å². The quantitative estimate of drug-likeness (QED) is 0.745. The van der Waals surface area contributed by atoms with Gasteiger partial charge in [0.2, 0.25) is 5.91 Å². The summed E-state index contributed by atoms with van der Waals surface area (Å²) in [7, 11) is 4.53. The molecule has 0 aliphatic carbocycles. The van der Waals surface area contributed by atoms with E-state index in [1.54, 1.807) is 19.1 Å². The highest BCUT2D eigenvalue weighted by atomic mass is 16.5. The van der Waals surface area contributed by atoms with Crippen molar-refractivity contribution in [1.82, 2.24) is 4.90 Å². The van der Waals surface area contributed by atoms with Gasteiger partial charge in [0.1, 0.15) is 6.04 Å². The first-order valence-electron chi connectivity index (χ1n) is 8.11. The number of carbonyl (C=O) groups is 2. The molecule has 1 aromatic rings. The number of amides is 1. The summed E-state index contributed by atoms with van der Waals surface area (Å²) in [5, 5.41) is 0. The van der Waals surface area contributed by atoms with Gasteiger partial charge in [-0.3, -0.25) is 4.79 Å². The van der Waals surface area contributed by atoms with Crippen molar-refractivity contribution in [3.05, 3.63) is 23.8 Å². The Kier molecular flexibility index (Phi) is 6.06. The highest BCUT2D eigenvalue weighted by molar-refractivity contribution is 5.86. The van der Waals surface area contributed by atoms with Gasteiger partial charge in [0.15, 0.2) is 11.5 Å². The molecule has 0 bridgehead atoms. The van der Waals surface area contributed by atoms with E-state index in [1.807, 2.05) is 25.1 Å². The molecular weight excluding hydrogens is 310 g/mol. The number of likely N-dealkylation sites (tertiary alicyclic amines) is 1. The lowest BCUT2D eigenvalue weighted by atomic mass is 9.99. The van der Waals surface area contributed by atoms with Crippen LogP contribution in [0.15, 0.2) is 18.2 Å². The second kappa shape index (κ2) is 8.04. The van der Waals surface area contributed by atoms with Gasteiger partial charge in [0, 0.05) is 12.5 Å². The van der Waals surface area contributed by atoms with Crippen molar-refractivity contribution in [2.75, 3.05) is 27.9 Å². The lowest BCUT2D eigenvalue weighted by molar-refractivity contribution is -0.152. The van der Waals surface area contributed by atoms with Crippen LogP contribution in [0.2, 0.25) is 0 Å². The second-order valence-corrected chi connectivity index (χ2v) is 6.01.